The van der Waals surface area contributed by atoms with Crippen LogP contribution in [0.3, 0.4) is 0 Å². The molecule has 0 spiro atoms. The molecule has 13 heavy (non-hydrogen) atoms. The van der Waals surface area contributed by atoms with Crippen molar-refractivity contribution in [2.45, 2.75) is 0 Å². The number of rotatable bonds is 0. The fourth-order valence-electron chi connectivity index (χ4n) is 1.41. The van der Waals surface area contributed by atoms with E-state index in [-0.39, 0.29) is 5.69 Å². The van der Waals surface area contributed by atoms with Crippen LogP contribution in [0.25, 0.3) is 5.52 Å². The Labute approximate surface area is 72.1 Å². The summed E-state index contributed by atoms with van der Waals surface area (Å²) in [5.74, 6) is 0.413. The summed E-state index contributed by atoms with van der Waals surface area (Å²) in [5.41, 5.74) is 0.445. The summed E-state index contributed by atoms with van der Waals surface area (Å²) < 4.78 is 1.46. The normalized spacial score (nSPS) is 13.2. The minimum atomic E-state index is -0.312. The van der Waals surface area contributed by atoms with Crippen molar-refractivity contribution in [2.24, 2.45) is 9.98 Å². The van der Waals surface area contributed by atoms with Crippen LogP contribution in [-0.2, 0) is 0 Å². The summed E-state index contributed by atoms with van der Waals surface area (Å²) >= 11 is 0. The number of aliphatic imine (C=N–C) groups is 1. The highest BCUT2D eigenvalue weighted by Gasteiger charge is 2.08. The minimum Gasteiger partial charge on any atom is -0.266 e. The molecule has 0 N–H and O–H groups in total. The average molecular weight is 172 g/mol. The number of hydrogen-bond donors (Lipinski definition) is 0. The summed E-state index contributed by atoms with van der Waals surface area (Å²) in [4.78, 5) is 23.0. The van der Waals surface area contributed by atoms with Gasteiger partial charge in [-0.3, -0.25) is 4.40 Å². The van der Waals surface area contributed by atoms with E-state index in [2.05, 4.69) is 15.0 Å². The molecule has 2 aromatic rings. The topological polar surface area (TPSA) is 59.1 Å². The Morgan fingerprint density at radius 2 is 2.31 bits per heavy atom. The molecule has 0 bridgehead atoms. The van der Waals surface area contributed by atoms with Gasteiger partial charge >= 0.3 is 5.69 Å². The lowest BCUT2D eigenvalue weighted by molar-refractivity contribution is 0.995. The molecule has 5 heteroatoms. The van der Waals surface area contributed by atoms with Gasteiger partial charge in [-0.15, -0.1) is 0 Å². The van der Waals surface area contributed by atoms with Gasteiger partial charge in [0, 0.05) is 6.20 Å². The van der Waals surface area contributed by atoms with Gasteiger partial charge in [-0.25, -0.2) is 14.8 Å². The van der Waals surface area contributed by atoms with Crippen LogP contribution in [0.2, 0.25) is 0 Å². The number of hydrogen-bond acceptors (Lipinski definition) is 4. The van der Waals surface area contributed by atoms with Gasteiger partial charge in [0.2, 0.25) is 0 Å². The van der Waals surface area contributed by atoms with Crippen LogP contribution in [0.15, 0.2) is 33.1 Å². The monoisotopic (exact) mass is 172 g/mol. The van der Waals surface area contributed by atoms with Gasteiger partial charge in [0.15, 0.2) is 5.82 Å². The Hall–Kier alpha value is -2.04. The molecule has 5 nitrogen and oxygen atoms in total. The summed E-state index contributed by atoms with van der Waals surface area (Å²) in [5, 5.41) is 0.671. The fraction of sp³-hybridized carbons (Fsp3) is 0. The molecule has 0 unspecified atom stereocenters. The average Bonchev–Trinajstić information content (AvgIpc) is 2.66. The van der Waals surface area contributed by atoms with E-state index in [4.69, 9.17) is 0 Å². The first kappa shape index (κ1) is 6.47. The van der Waals surface area contributed by atoms with Gasteiger partial charge < -0.3 is 0 Å². The number of nitrogens with zero attached hydrogens (tertiary/aromatic N) is 4. The predicted octanol–water partition coefficient (Wildman–Crippen LogP) is -0.294. The largest absolute Gasteiger partial charge is 0.354 e. The molecule has 0 aliphatic carbocycles. The van der Waals surface area contributed by atoms with Crippen molar-refractivity contribution in [1.82, 2.24) is 9.38 Å². The molecule has 0 fully saturated rings. The Bertz CT molecular complexity index is 625. The molecule has 2 aromatic heterocycles. The highest BCUT2D eigenvalue weighted by atomic mass is 16.1. The number of fused-ring (bicyclic) bond motifs is 3. The van der Waals surface area contributed by atoms with E-state index >= 15 is 0 Å². The second-order valence-corrected chi connectivity index (χ2v) is 2.70. The first-order valence-corrected chi connectivity index (χ1v) is 3.78. The fourth-order valence-corrected chi connectivity index (χ4v) is 1.41. The van der Waals surface area contributed by atoms with Gasteiger partial charge in [-0.1, -0.05) is 0 Å². The van der Waals surface area contributed by atoms with Crippen LogP contribution in [0.1, 0.15) is 0 Å². The summed E-state index contributed by atoms with van der Waals surface area (Å²) in [6, 6.07) is 3.60. The van der Waals surface area contributed by atoms with Gasteiger partial charge in [0.25, 0.3) is 0 Å². The molecule has 1 aliphatic heterocycles. The predicted molar refractivity (Wildman–Crippen MR) is 46.4 cm³/mol. The standard InChI is InChI=1S/C8H4N4O/c13-8-11-7-6(9-4-10-7)5-2-1-3-12(5)8/h1-4H. The van der Waals surface area contributed by atoms with Gasteiger partial charge in [0.1, 0.15) is 11.7 Å². The third kappa shape index (κ3) is 0.703. The highest BCUT2D eigenvalue weighted by Crippen LogP contribution is 2.04. The van der Waals surface area contributed by atoms with Crippen molar-refractivity contribution in [2.75, 3.05) is 0 Å². The van der Waals surface area contributed by atoms with Crippen molar-refractivity contribution < 1.29 is 0 Å². The lowest BCUT2D eigenvalue weighted by atomic mass is 10.4. The first-order chi connectivity index (χ1) is 6.36. The van der Waals surface area contributed by atoms with Crippen LogP contribution < -0.4 is 11.0 Å². The minimum absolute atomic E-state index is 0.312. The molecular formula is C8H4N4O. The van der Waals surface area contributed by atoms with Crippen LogP contribution in [-0.4, -0.2) is 15.7 Å². The maximum absolute atomic E-state index is 11.3. The molecule has 3 rings (SSSR count). The van der Waals surface area contributed by atoms with Crippen molar-refractivity contribution in [3.05, 3.63) is 34.2 Å². The molecule has 0 atom stereocenters. The maximum Gasteiger partial charge on any atom is 0.354 e. The van der Waals surface area contributed by atoms with Gasteiger partial charge in [-0.05, 0) is 12.1 Å². The first-order valence-electron chi connectivity index (χ1n) is 3.78. The molecular weight excluding hydrogens is 168 g/mol. The zero-order valence-electron chi connectivity index (χ0n) is 6.51. The molecule has 0 amide bonds. The van der Waals surface area contributed by atoms with Gasteiger partial charge in [-0.2, -0.15) is 4.98 Å². The third-order valence-electron chi connectivity index (χ3n) is 1.98. The Morgan fingerprint density at radius 3 is 3.23 bits per heavy atom. The molecule has 0 saturated carbocycles. The summed E-state index contributed by atoms with van der Waals surface area (Å²) in [7, 11) is 0. The number of aromatic nitrogens is 2. The van der Waals surface area contributed by atoms with E-state index < -0.39 is 0 Å². The van der Waals surface area contributed by atoms with Crippen molar-refractivity contribution in [3.8, 4) is 0 Å². The van der Waals surface area contributed by atoms with Gasteiger partial charge in [0.05, 0.1) is 5.52 Å². The maximum atomic E-state index is 11.3. The van der Waals surface area contributed by atoms with Crippen LogP contribution in [0.4, 0.5) is 5.82 Å². The van der Waals surface area contributed by atoms with E-state index in [0.717, 1.165) is 5.52 Å². The SMILES string of the molecule is O=c1nc2c(c3cccn13)=NC=N2. The zero-order chi connectivity index (χ0) is 8.84. The van der Waals surface area contributed by atoms with E-state index in [0.29, 0.717) is 11.2 Å². The Morgan fingerprint density at radius 1 is 1.38 bits per heavy atom. The summed E-state index contributed by atoms with van der Waals surface area (Å²) in [6.45, 7) is 0. The van der Waals surface area contributed by atoms with E-state index in [1.165, 1.54) is 10.7 Å². The third-order valence-corrected chi connectivity index (χ3v) is 1.98. The van der Waals surface area contributed by atoms with Crippen molar-refractivity contribution in [3.63, 3.8) is 0 Å². The summed E-state index contributed by atoms with van der Waals surface area (Å²) in [6.07, 6.45) is 3.07. The van der Waals surface area contributed by atoms with Crippen molar-refractivity contribution in [1.29, 1.82) is 0 Å². The smallest absolute Gasteiger partial charge is 0.266 e. The van der Waals surface area contributed by atoms with E-state index in [9.17, 15) is 4.79 Å². The molecule has 3 heterocycles. The van der Waals surface area contributed by atoms with Crippen LogP contribution in [0.5, 0.6) is 0 Å². The molecule has 0 aromatic carbocycles. The Kier molecular flexibility index (Phi) is 0.999. The zero-order valence-corrected chi connectivity index (χ0v) is 6.51. The molecule has 62 valence electrons. The second-order valence-electron chi connectivity index (χ2n) is 2.70. The highest BCUT2D eigenvalue weighted by molar-refractivity contribution is 5.69. The van der Waals surface area contributed by atoms with Crippen LogP contribution >= 0.6 is 0 Å². The Balaban J connectivity index is 2.73. The molecule has 1 aliphatic rings. The van der Waals surface area contributed by atoms with Crippen molar-refractivity contribution >= 4 is 17.7 Å². The molecule has 0 radical (unpaired) electrons. The second kappa shape index (κ2) is 2.01. The molecule has 0 saturated heterocycles. The van der Waals surface area contributed by atoms with Crippen LogP contribution in [0, 0.1) is 0 Å². The lowest BCUT2D eigenvalue weighted by Crippen LogP contribution is -2.21. The van der Waals surface area contributed by atoms with E-state index in [1.807, 2.05) is 6.07 Å². The van der Waals surface area contributed by atoms with E-state index in [1.54, 1.807) is 12.3 Å². The lowest BCUT2D eigenvalue weighted by Gasteiger charge is -1.92. The quantitative estimate of drug-likeness (QED) is 0.548.